The Hall–Kier alpha value is -1.39. The van der Waals surface area contributed by atoms with E-state index < -0.39 is 5.82 Å². The fourth-order valence-corrected chi connectivity index (χ4v) is 2.58. The number of rotatable bonds is 4. The molecule has 0 fully saturated rings. The highest BCUT2D eigenvalue weighted by molar-refractivity contribution is 9.10. The number of nitrogens with one attached hydrogen (secondary N) is 1. The van der Waals surface area contributed by atoms with Crippen molar-refractivity contribution < 1.29 is 9.18 Å². The van der Waals surface area contributed by atoms with E-state index in [-0.39, 0.29) is 16.4 Å². The topological polar surface area (TPSA) is 29.1 Å². The molecule has 0 aliphatic rings. The quantitative estimate of drug-likeness (QED) is 0.837. The van der Waals surface area contributed by atoms with Gasteiger partial charge in [-0.3, -0.25) is 4.79 Å². The van der Waals surface area contributed by atoms with Crippen LogP contribution in [0.3, 0.4) is 0 Å². The smallest absolute Gasteiger partial charge is 0.251 e. The van der Waals surface area contributed by atoms with Crippen LogP contribution < -0.4 is 5.32 Å². The van der Waals surface area contributed by atoms with Crippen LogP contribution in [0.5, 0.6) is 0 Å². The highest BCUT2D eigenvalue weighted by Crippen LogP contribution is 2.18. The molecule has 1 N–H and O–H groups in total. The third-order valence-corrected chi connectivity index (χ3v) is 4.02. The third kappa shape index (κ3) is 4.29. The Kier molecular flexibility index (Phi) is 5.37. The van der Waals surface area contributed by atoms with Crippen LogP contribution in [0.15, 0.2) is 46.9 Å². The summed E-state index contributed by atoms with van der Waals surface area (Å²) in [5.74, 6) is -0.633. The first-order valence-corrected chi connectivity index (χ1v) is 7.64. The lowest BCUT2D eigenvalue weighted by Crippen LogP contribution is -2.34. The van der Waals surface area contributed by atoms with Gasteiger partial charge in [-0.1, -0.05) is 29.8 Å². The van der Waals surface area contributed by atoms with E-state index in [1.165, 1.54) is 18.2 Å². The van der Waals surface area contributed by atoms with E-state index in [0.29, 0.717) is 17.0 Å². The first-order valence-electron chi connectivity index (χ1n) is 6.46. The molecule has 1 unspecified atom stereocenters. The van der Waals surface area contributed by atoms with E-state index in [1.54, 1.807) is 0 Å². The first-order chi connectivity index (χ1) is 9.97. The lowest BCUT2D eigenvalue weighted by molar-refractivity contribution is 0.0940. The fraction of sp³-hybridized carbons (Fsp3) is 0.188. The van der Waals surface area contributed by atoms with E-state index in [9.17, 15) is 9.18 Å². The molecule has 21 heavy (non-hydrogen) atoms. The van der Waals surface area contributed by atoms with Crippen molar-refractivity contribution in [2.75, 3.05) is 0 Å². The molecule has 0 radical (unpaired) electrons. The average molecular weight is 371 g/mol. The maximum Gasteiger partial charge on any atom is 0.251 e. The van der Waals surface area contributed by atoms with Gasteiger partial charge >= 0.3 is 0 Å². The van der Waals surface area contributed by atoms with Crippen molar-refractivity contribution in [3.05, 3.63) is 68.9 Å². The molecule has 0 heterocycles. The molecule has 0 aromatic heterocycles. The number of amides is 1. The zero-order valence-corrected chi connectivity index (χ0v) is 13.7. The number of hydrogen-bond donors (Lipinski definition) is 1. The Morgan fingerprint density at radius 3 is 2.71 bits per heavy atom. The van der Waals surface area contributed by atoms with Crippen molar-refractivity contribution in [1.29, 1.82) is 0 Å². The van der Waals surface area contributed by atoms with Gasteiger partial charge in [0.1, 0.15) is 5.82 Å². The highest BCUT2D eigenvalue weighted by Gasteiger charge is 2.13. The van der Waals surface area contributed by atoms with Gasteiger partial charge in [-0.15, -0.1) is 0 Å². The second-order valence-corrected chi connectivity index (χ2v) is 6.06. The average Bonchev–Trinajstić information content (AvgIpc) is 2.44. The second kappa shape index (κ2) is 7.05. The van der Waals surface area contributed by atoms with Crippen LogP contribution in [0, 0.1) is 5.82 Å². The van der Waals surface area contributed by atoms with Gasteiger partial charge in [0.25, 0.3) is 5.91 Å². The third-order valence-electron chi connectivity index (χ3n) is 3.04. The summed E-state index contributed by atoms with van der Waals surface area (Å²) in [6.45, 7) is 1.90. The SMILES string of the molecule is CC(Cc1ccccc1Cl)NC(=O)c1ccc(F)c(Br)c1. The number of halogens is 3. The normalized spacial score (nSPS) is 12.0. The minimum Gasteiger partial charge on any atom is -0.349 e. The molecular weight excluding hydrogens is 357 g/mol. The summed E-state index contributed by atoms with van der Waals surface area (Å²) in [5, 5.41) is 3.56. The highest BCUT2D eigenvalue weighted by atomic mass is 79.9. The molecule has 0 aliphatic heterocycles. The Morgan fingerprint density at radius 1 is 1.33 bits per heavy atom. The van der Waals surface area contributed by atoms with Gasteiger partial charge in [0, 0.05) is 16.6 Å². The molecule has 1 atom stereocenters. The standard InChI is InChI=1S/C16H14BrClFNO/c1-10(8-11-4-2-3-5-14(11)18)20-16(21)12-6-7-15(19)13(17)9-12/h2-7,9-10H,8H2,1H3,(H,20,21). The summed E-state index contributed by atoms with van der Waals surface area (Å²) in [6.07, 6.45) is 0.633. The second-order valence-electron chi connectivity index (χ2n) is 4.80. The van der Waals surface area contributed by atoms with Crippen LogP contribution in [0.2, 0.25) is 5.02 Å². The fourth-order valence-electron chi connectivity index (χ4n) is 1.99. The van der Waals surface area contributed by atoms with E-state index in [4.69, 9.17) is 11.6 Å². The van der Waals surface area contributed by atoms with Crippen LogP contribution in [0.1, 0.15) is 22.8 Å². The van der Waals surface area contributed by atoms with Crippen LogP contribution in [-0.2, 0) is 6.42 Å². The van der Waals surface area contributed by atoms with Crippen molar-refractivity contribution in [3.63, 3.8) is 0 Å². The summed E-state index contributed by atoms with van der Waals surface area (Å²) < 4.78 is 13.4. The van der Waals surface area contributed by atoms with Gasteiger partial charge < -0.3 is 5.32 Å². The Labute approximate surface area is 136 Å². The molecule has 2 rings (SSSR count). The largest absolute Gasteiger partial charge is 0.349 e. The van der Waals surface area contributed by atoms with Crippen molar-refractivity contribution in [3.8, 4) is 0 Å². The Morgan fingerprint density at radius 2 is 2.05 bits per heavy atom. The van der Waals surface area contributed by atoms with Crippen molar-refractivity contribution in [2.24, 2.45) is 0 Å². The van der Waals surface area contributed by atoms with E-state index in [1.807, 2.05) is 31.2 Å². The first kappa shape index (κ1) is 16.0. The summed E-state index contributed by atoms with van der Waals surface area (Å²) in [4.78, 5) is 12.1. The number of benzene rings is 2. The Balaban J connectivity index is 2.02. The number of carbonyl (C=O) groups is 1. The monoisotopic (exact) mass is 369 g/mol. The van der Waals surface area contributed by atoms with E-state index in [0.717, 1.165) is 5.56 Å². The molecule has 0 bridgehead atoms. The van der Waals surface area contributed by atoms with Gasteiger partial charge in [0.2, 0.25) is 0 Å². The molecule has 110 valence electrons. The maximum atomic E-state index is 13.2. The zero-order chi connectivity index (χ0) is 15.4. The van der Waals surface area contributed by atoms with Crippen LogP contribution >= 0.6 is 27.5 Å². The molecule has 2 aromatic rings. The maximum absolute atomic E-state index is 13.2. The Bertz CT molecular complexity index is 662. The van der Waals surface area contributed by atoms with E-state index >= 15 is 0 Å². The van der Waals surface area contributed by atoms with Crippen LogP contribution in [-0.4, -0.2) is 11.9 Å². The summed E-state index contributed by atoms with van der Waals surface area (Å²) in [7, 11) is 0. The molecule has 2 aromatic carbocycles. The minimum atomic E-state index is -0.393. The summed E-state index contributed by atoms with van der Waals surface area (Å²) in [6, 6.07) is 11.6. The number of carbonyl (C=O) groups excluding carboxylic acids is 1. The molecule has 0 aliphatic carbocycles. The van der Waals surface area contributed by atoms with Gasteiger partial charge in [-0.2, -0.15) is 0 Å². The number of hydrogen-bond acceptors (Lipinski definition) is 1. The zero-order valence-electron chi connectivity index (χ0n) is 11.4. The predicted octanol–water partition coefficient (Wildman–Crippen LogP) is 4.60. The van der Waals surface area contributed by atoms with E-state index in [2.05, 4.69) is 21.2 Å². The van der Waals surface area contributed by atoms with Gasteiger partial charge in [-0.25, -0.2) is 4.39 Å². The molecule has 0 saturated carbocycles. The summed E-state index contributed by atoms with van der Waals surface area (Å²) in [5.41, 5.74) is 1.39. The van der Waals surface area contributed by atoms with Crippen molar-refractivity contribution in [1.82, 2.24) is 5.32 Å². The lowest BCUT2D eigenvalue weighted by Gasteiger charge is -2.15. The van der Waals surface area contributed by atoms with Crippen molar-refractivity contribution in [2.45, 2.75) is 19.4 Å². The molecule has 0 spiro atoms. The van der Waals surface area contributed by atoms with Crippen LogP contribution in [0.25, 0.3) is 0 Å². The van der Waals surface area contributed by atoms with Gasteiger partial charge in [-0.05, 0) is 59.1 Å². The molecule has 2 nitrogen and oxygen atoms in total. The van der Waals surface area contributed by atoms with Crippen LogP contribution in [0.4, 0.5) is 4.39 Å². The summed E-state index contributed by atoms with van der Waals surface area (Å²) >= 11 is 9.17. The molecular formula is C16H14BrClFNO. The minimum absolute atomic E-state index is 0.0822. The van der Waals surface area contributed by atoms with Crippen molar-refractivity contribution >= 4 is 33.4 Å². The molecule has 0 saturated heterocycles. The van der Waals surface area contributed by atoms with Gasteiger partial charge in [0.05, 0.1) is 4.47 Å². The van der Waals surface area contributed by atoms with Gasteiger partial charge in [0.15, 0.2) is 0 Å². The molecule has 1 amide bonds. The molecule has 5 heteroatoms. The predicted molar refractivity (Wildman–Crippen MR) is 86.2 cm³/mol. The lowest BCUT2D eigenvalue weighted by atomic mass is 10.1.